The van der Waals surface area contributed by atoms with Crippen LogP contribution < -0.4 is 14.8 Å². The maximum Gasteiger partial charge on any atom is 0.161 e. The number of aryl methyl sites for hydroxylation is 2. The van der Waals surface area contributed by atoms with Crippen LogP contribution in [0.25, 0.3) is 0 Å². The first-order chi connectivity index (χ1) is 13.6. The molecule has 0 bridgehead atoms. The van der Waals surface area contributed by atoms with E-state index >= 15 is 0 Å². The molecule has 6 heteroatoms. The van der Waals surface area contributed by atoms with Gasteiger partial charge in [0.25, 0.3) is 0 Å². The number of hydrogen-bond acceptors (Lipinski definition) is 6. The van der Waals surface area contributed by atoms with Crippen LogP contribution in [-0.2, 0) is 6.42 Å². The van der Waals surface area contributed by atoms with Crippen molar-refractivity contribution in [3.63, 3.8) is 0 Å². The molecule has 0 saturated heterocycles. The Labute approximate surface area is 165 Å². The molecule has 4 rings (SSSR count). The summed E-state index contributed by atoms with van der Waals surface area (Å²) in [5, 5.41) is 3.73. The standard InChI is InChI=1S/C22H24N4O2/c1-13-5-6-18(25-10-13)19-7-15-8-20(27-3)21(28-4)9-17(15)22(26-19)16-11-23-14(2)24-12-16/h5-6,8-12,19,22,26H,7H2,1-4H3/t19-,22-/m1/s1. The van der Waals surface area contributed by atoms with Crippen molar-refractivity contribution in [2.45, 2.75) is 32.4 Å². The maximum absolute atomic E-state index is 5.53. The second kappa shape index (κ2) is 7.56. The monoisotopic (exact) mass is 376 g/mol. The van der Waals surface area contributed by atoms with E-state index in [0.29, 0.717) is 5.75 Å². The molecule has 1 aliphatic heterocycles. The van der Waals surface area contributed by atoms with Gasteiger partial charge < -0.3 is 9.47 Å². The number of hydrogen-bond donors (Lipinski definition) is 1. The van der Waals surface area contributed by atoms with E-state index in [9.17, 15) is 0 Å². The molecule has 0 amide bonds. The molecule has 0 spiro atoms. The fourth-order valence-electron chi connectivity index (χ4n) is 3.65. The average molecular weight is 376 g/mol. The van der Waals surface area contributed by atoms with Crippen LogP contribution in [0, 0.1) is 13.8 Å². The summed E-state index contributed by atoms with van der Waals surface area (Å²) < 4.78 is 11.1. The third-order valence-electron chi connectivity index (χ3n) is 5.17. The molecule has 3 heterocycles. The lowest BCUT2D eigenvalue weighted by Crippen LogP contribution is -2.34. The third kappa shape index (κ3) is 3.43. The van der Waals surface area contributed by atoms with Gasteiger partial charge in [-0.25, -0.2) is 9.97 Å². The van der Waals surface area contributed by atoms with Crippen LogP contribution in [0.1, 0.15) is 45.9 Å². The third-order valence-corrected chi connectivity index (χ3v) is 5.17. The summed E-state index contributed by atoms with van der Waals surface area (Å²) in [4.78, 5) is 13.4. The van der Waals surface area contributed by atoms with E-state index in [2.05, 4.69) is 38.5 Å². The van der Waals surface area contributed by atoms with Gasteiger partial charge in [-0.3, -0.25) is 10.3 Å². The summed E-state index contributed by atoms with van der Waals surface area (Å²) in [7, 11) is 3.32. The van der Waals surface area contributed by atoms with E-state index in [4.69, 9.17) is 9.47 Å². The average Bonchev–Trinajstić information content (AvgIpc) is 2.73. The molecule has 0 aliphatic carbocycles. The fourth-order valence-corrected chi connectivity index (χ4v) is 3.65. The topological polar surface area (TPSA) is 69.2 Å². The Kier molecular flexibility index (Phi) is 4.96. The predicted molar refractivity (Wildman–Crippen MR) is 107 cm³/mol. The highest BCUT2D eigenvalue weighted by Gasteiger charge is 2.31. The summed E-state index contributed by atoms with van der Waals surface area (Å²) in [5.41, 5.74) is 5.53. The Morgan fingerprint density at radius 1 is 0.929 bits per heavy atom. The minimum absolute atomic E-state index is 0.0581. The fraction of sp³-hybridized carbons (Fsp3) is 0.318. The van der Waals surface area contributed by atoms with Crippen LogP contribution in [0.2, 0.25) is 0 Å². The number of rotatable bonds is 4. The van der Waals surface area contributed by atoms with Crippen molar-refractivity contribution in [1.29, 1.82) is 0 Å². The Morgan fingerprint density at radius 3 is 2.29 bits per heavy atom. The summed E-state index contributed by atoms with van der Waals surface area (Å²) in [5.74, 6) is 2.20. The summed E-state index contributed by atoms with van der Waals surface area (Å²) in [6, 6.07) is 8.32. The largest absolute Gasteiger partial charge is 0.493 e. The SMILES string of the molecule is COc1cc2c(cc1OC)[C@@H](c1cnc(C)nc1)N[C@@H](c1ccc(C)cn1)C2. The lowest BCUT2D eigenvalue weighted by Gasteiger charge is -2.34. The van der Waals surface area contributed by atoms with Crippen LogP contribution in [0.5, 0.6) is 11.5 Å². The van der Waals surface area contributed by atoms with Crippen molar-refractivity contribution < 1.29 is 9.47 Å². The molecular formula is C22H24N4O2. The van der Waals surface area contributed by atoms with Gasteiger partial charge >= 0.3 is 0 Å². The first-order valence-corrected chi connectivity index (χ1v) is 9.31. The first kappa shape index (κ1) is 18.4. The molecule has 0 radical (unpaired) electrons. The van der Waals surface area contributed by atoms with E-state index in [1.165, 1.54) is 5.56 Å². The van der Waals surface area contributed by atoms with Gasteiger partial charge in [0.15, 0.2) is 11.5 Å². The van der Waals surface area contributed by atoms with Crippen LogP contribution in [0.4, 0.5) is 0 Å². The van der Waals surface area contributed by atoms with Gasteiger partial charge in [0, 0.05) is 24.2 Å². The zero-order valence-corrected chi connectivity index (χ0v) is 16.6. The van der Waals surface area contributed by atoms with Crippen LogP contribution in [0.15, 0.2) is 42.9 Å². The highest BCUT2D eigenvalue weighted by Crippen LogP contribution is 2.40. The van der Waals surface area contributed by atoms with Crippen molar-refractivity contribution in [2.75, 3.05) is 14.2 Å². The molecule has 0 saturated carbocycles. The molecule has 2 aromatic heterocycles. The summed E-state index contributed by atoms with van der Waals surface area (Å²) >= 11 is 0. The van der Waals surface area contributed by atoms with Gasteiger partial charge in [-0.15, -0.1) is 0 Å². The summed E-state index contributed by atoms with van der Waals surface area (Å²) in [6.07, 6.45) is 6.48. The summed E-state index contributed by atoms with van der Waals surface area (Å²) in [6.45, 7) is 3.93. The molecule has 3 aromatic rings. The number of pyridine rings is 1. The highest BCUT2D eigenvalue weighted by atomic mass is 16.5. The van der Waals surface area contributed by atoms with Gasteiger partial charge in [0.1, 0.15) is 5.82 Å². The lowest BCUT2D eigenvalue weighted by molar-refractivity contribution is 0.350. The van der Waals surface area contributed by atoms with Crippen molar-refractivity contribution in [3.8, 4) is 11.5 Å². The molecule has 1 aliphatic rings. The van der Waals surface area contributed by atoms with Gasteiger partial charge in [0.2, 0.25) is 0 Å². The molecule has 144 valence electrons. The number of nitrogens with one attached hydrogen (secondary N) is 1. The molecule has 6 nitrogen and oxygen atoms in total. The van der Waals surface area contributed by atoms with E-state index in [0.717, 1.165) is 40.4 Å². The molecular weight excluding hydrogens is 352 g/mol. The second-order valence-electron chi connectivity index (χ2n) is 7.09. The van der Waals surface area contributed by atoms with E-state index < -0.39 is 0 Å². The van der Waals surface area contributed by atoms with Crippen molar-refractivity contribution in [1.82, 2.24) is 20.3 Å². The van der Waals surface area contributed by atoms with Crippen LogP contribution in [0.3, 0.4) is 0 Å². The smallest absolute Gasteiger partial charge is 0.161 e. The number of fused-ring (bicyclic) bond motifs is 1. The quantitative estimate of drug-likeness (QED) is 0.752. The molecule has 0 fully saturated rings. The number of benzene rings is 1. The van der Waals surface area contributed by atoms with Crippen LogP contribution >= 0.6 is 0 Å². The molecule has 2 atom stereocenters. The Morgan fingerprint density at radius 2 is 1.64 bits per heavy atom. The zero-order valence-electron chi connectivity index (χ0n) is 16.6. The number of nitrogens with zero attached hydrogens (tertiary/aromatic N) is 3. The van der Waals surface area contributed by atoms with Gasteiger partial charge in [0.05, 0.1) is 32.0 Å². The van der Waals surface area contributed by atoms with Gasteiger partial charge in [-0.1, -0.05) is 6.07 Å². The highest BCUT2D eigenvalue weighted by molar-refractivity contribution is 5.52. The Hall–Kier alpha value is -2.99. The van der Waals surface area contributed by atoms with Crippen molar-refractivity contribution in [3.05, 3.63) is 76.6 Å². The van der Waals surface area contributed by atoms with Crippen molar-refractivity contribution in [2.24, 2.45) is 0 Å². The van der Waals surface area contributed by atoms with E-state index in [-0.39, 0.29) is 12.1 Å². The van der Waals surface area contributed by atoms with Crippen LogP contribution in [-0.4, -0.2) is 29.2 Å². The van der Waals surface area contributed by atoms with Crippen molar-refractivity contribution >= 4 is 0 Å². The number of methoxy groups -OCH3 is 2. The zero-order chi connectivity index (χ0) is 19.7. The first-order valence-electron chi connectivity index (χ1n) is 9.31. The Bertz CT molecular complexity index is 971. The van der Waals surface area contributed by atoms with E-state index in [1.807, 2.05) is 38.5 Å². The lowest BCUT2D eigenvalue weighted by atomic mass is 9.86. The number of aromatic nitrogens is 3. The minimum atomic E-state index is -0.0581. The Balaban J connectivity index is 1.81. The van der Waals surface area contributed by atoms with Gasteiger partial charge in [-0.05, 0) is 55.2 Å². The van der Waals surface area contributed by atoms with Gasteiger partial charge in [-0.2, -0.15) is 0 Å². The molecule has 1 aromatic carbocycles. The number of ether oxygens (including phenoxy) is 2. The normalized spacial score (nSPS) is 18.4. The minimum Gasteiger partial charge on any atom is -0.493 e. The molecule has 1 N–H and O–H groups in total. The predicted octanol–water partition coefficient (Wildman–Crippen LogP) is 3.48. The molecule has 28 heavy (non-hydrogen) atoms. The second-order valence-corrected chi connectivity index (χ2v) is 7.09. The molecule has 0 unspecified atom stereocenters. The van der Waals surface area contributed by atoms with E-state index in [1.54, 1.807) is 14.2 Å². The maximum atomic E-state index is 5.53.